The van der Waals surface area contributed by atoms with Crippen LogP contribution in [0, 0.1) is 22.7 Å². The van der Waals surface area contributed by atoms with Gasteiger partial charge in [0.05, 0.1) is 73.8 Å². The number of benzene rings is 2. The molecule has 4 fully saturated rings. The first-order chi connectivity index (χ1) is 37.3. The molecule has 3 aliphatic heterocycles. The van der Waals surface area contributed by atoms with E-state index in [1.165, 1.54) is 0 Å². The number of aromatic nitrogens is 4. The van der Waals surface area contributed by atoms with E-state index in [0.29, 0.717) is 85.8 Å². The van der Waals surface area contributed by atoms with E-state index >= 15 is 0 Å². The molecule has 1 aliphatic carbocycles. The minimum atomic E-state index is -5.07. The predicted octanol–water partition coefficient (Wildman–Crippen LogP) is 5.67. The van der Waals surface area contributed by atoms with Crippen molar-refractivity contribution >= 4 is 29.9 Å². The highest BCUT2D eigenvalue weighted by Crippen LogP contribution is 2.42. The number of nitrogens with one attached hydrogen (secondary N) is 4. The normalized spacial score (nSPS) is 19.5. The van der Waals surface area contributed by atoms with Crippen LogP contribution in [0.15, 0.2) is 73.2 Å². The molecule has 8 rings (SSSR count). The van der Waals surface area contributed by atoms with Gasteiger partial charge in [-0.3, -0.25) is 24.6 Å². The molecule has 0 spiro atoms. The Kier molecular flexibility index (Phi) is 17.5. The summed E-state index contributed by atoms with van der Waals surface area (Å²) in [5.41, 5.74) is -0.0612. The predicted molar refractivity (Wildman–Crippen MR) is 274 cm³/mol. The summed E-state index contributed by atoms with van der Waals surface area (Å²) < 4.78 is 104. The van der Waals surface area contributed by atoms with E-state index in [-0.39, 0.29) is 13.0 Å². The number of nitrogens with zero attached hydrogens (tertiary/aromatic N) is 7. The minimum Gasteiger partial charge on any atom is -0.453 e. The fourth-order valence-electron chi connectivity index (χ4n) is 9.90. The quantitative estimate of drug-likeness (QED) is 0.0434. The number of rotatable bonds is 19. The summed E-state index contributed by atoms with van der Waals surface area (Å²) in [5, 5.41) is 24.3. The van der Waals surface area contributed by atoms with Gasteiger partial charge in [-0.15, -0.1) is 0 Å². The first-order valence-electron chi connectivity index (χ1n) is 25.9. The van der Waals surface area contributed by atoms with Crippen LogP contribution >= 0.6 is 0 Å². The van der Waals surface area contributed by atoms with Crippen molar-refractivity contribution in [3.8, 4) is 23.1 Å². The van der Waals surface area contributed by atoms with Crippen molar-refractivity contribution in [2.24, 2.45) is 10.8 Å². The number of amides is 4. The molecule has 4 aliphatic rings. The number of anilines is 1. The van der Waals surface area contributed by atoms with Gasteiger partial charge in [-0.1, -0.05) is 48.2 Å². The average molecular weight is 1110 g/mol. The molecule has 426 valence electrons. The number of methoxy groups -OCH3 is 2. The van der Waals surface area contributed by atoms with Gasteiger partial charge in [-0.05, 0) is 89.1 Å². The molecule has 2 bridgehead atoms. The van der Waals surface area contributed by atoms with Crippen LogP contribution in [0.4, 0.5) is 41.9 Å². The van der Waals surface area contributed by atoms with Gasteiger partial charge in [0.15, 0.2) is 0 Å². The van der Waals surface area contributed by atoms with Crippen LogP contribution in [0.3, 0.4) is 0 Å². The third kappa shape index (κ3) is 13.7. The fraction of sp³-hybridized carbons (Fsp3) is 0.537. The summed E-state index contributed by atoms with van der Waals surface area (Å²) in [6.45, 7) is 4.96. The Morgan fingerprint density at radius 2 is 1.25 bits per heavy atom. The smallest absolute Gasteiger partial charge is 0.407 e. The van der Waals surface area contributed by atoms with Gasteiger partial charge < -0.3 is 40.2 Å². The first kappa shape index (κ1) is 58.1. The number of alkyl halides is 6. The lowest BCUT2D eigenvalue weighted by molar-refractivity contribution is -0.221. The van der Waals surface area contributed by atoms with Crippen LogP contribution in [0.25, 0.3) is 11.3 Å². The van der Waals surface area contributed by atoms with E-state index in [0.717, 1.165) is 76.8 Å². The van der Waals surface area contributed by atoms with Crippen molar-refractivity contribution in [3.63, 3.8) is 0 Å². The van der Waals surface area contributed by atoms with Crippen LogP contribution in [0.5, 0.6) is 0 Å². The number of aliphatic hydroxyl groups excluding tert-OH is 1. The molecule has 2 unspecified atom stereocenters. The highest BCUT2D eigenvalue weighted by atomic mass is 19.4. The van der Waals surface area contributed by atoms with E-state index in [9.17, 15) is 50.6 Å². The summed E-state index contributed by atoms with van der Waals surface area (Å²) >= 11 is 0. The number of hydrazine groups is 1. The van der Waals surface area contributed by atoms with Gasteiger partial charge in [0.25, 0.3) is 5.91 Å². The molecule has 2 aromatic carbocycles. The first-order valence-corrected chi connectivity index (χ1v) is 25.9. The SMILES string of the molecule is COC(=O)N[C@H](C(=O)N[C@@H](Cc1ccc(C#Cc2cnc(N3CC4CCC(C3)N4C3COC3)nc2)cc1)[C@@H](O)CN(Cc1ccc(-c2ccn(C3CC3)n2)cc1)NC(=O)[C@@H](NC(=O)OC)C(C)(C)C(F)(F)F)C(C)(C)C(F)(F)F. The zero-order chi connectivity index (χ0) is 57.0. The van der Waals surface area contributed by atoms with Crippen LogP contribution in [-0.2, 0) is 36.8 Å². The van der Waals surface area contributed by atoms with Crippen LogP contribution < -0.4 is 26.3 Å². The molecule has 25 heteroatoms. The highest BCUT2D eigenvalue weighted by molar-refractivity contribution is 5.87. The summed E-state index contributed by atoms with van der Waals surface area (Å²) in [5.74, 6) is 3.97. The van der Waals surface area contributed by atoms with Crippen molar-refractivity contribution in [1.82, 2.24) is 51.0 Å². The maximum Gasteiger partial charge on any atom is 0.407 e. The van der Waals surface area contributed by atoms with Crippen LogP contribution in [-0.4, -0.2) is 161 Å². The lowest BCUT2D eigenvalue weighted by atomic mass is 9.82. The monoisotopic (exact) mass is 1110 g/mol. The summed E-state index contributed by atoms with van der Waals surface area (Å²) in [4.78, 5) is 67.1. The topological polar surface area (TPSA) is 218 Å². The minimum absolute atomic E-state index is 0.282. The molecule has 5 heterocycles. The van der Waals surface area contributed by atoms with Crippen molar-refractivity contribution in [3.05, 3.63) is 95.4 Å². The maximum absolute atomic E-state index is 14.6. The number of piperazine rings is 1. The van der Waals surface area contributed by atoms with Crippen LogP contribution in [0.1, 0.15) is 81.7 Å². The van der Waals surface area contributed by atoms with E-state index < -0.39 is 78.0 Å². The number of ether oxygens (including phenoxy) is 3. The number of hydrogen-bond acceptors (Lipinski definition) is 14. The Hall–Kier alpha value is -7.01. The zero-order valence-corrected chi connectivity index (χ0v) is 44.5. The summed E-state index contributed by atoms with van der Waals surface area (Å²) in [7, 11) is 1.80. The Bertz CT molecular complexity index is 2840. The second-order valence-electron chi connectivity index (χ2n) is 21.6. The van der Waals surface area contributed by atoms with E-state index in [4.69, 9.17) is 4.74 Å². The van der Waals surface area contributed by atoms with Gasteiger partial charge >= 0.3 is 24.5 Å². The number of hydrogen-bond donors (Lipinski definition) is 5. The van der Waals surface area contributed by atoms with Crippen molar-refractivity contribution < 1.29 is 64.8 Å². The number of carbonyl (C=O) groups is 4. The molecule has 2 aromatic heterocycles. The molecule has 6 atom stereocenters. The third-order valence-corrected chi connectivity index (χ3v) is 15.2. The van der Waals surface area contributed by atoms with Crippen molar-refractivity contribution in [1.29, 1.82) is 0 Å². The van der Waals surface area contributed by atoms with Gasteiger partial charge in [-0.25, -0.2) is 24.6 Å². The van der Waals surface area contributed by atoms with Gasteiger partial charge in [0.1, 0.15) is 12.1 Å². The number of halogens is 6. The third-order valence-electron chi connectivity index (χ3n) is 15.2. The lowest BCUT2D eigenvalue weighted by Crippen LogP contribution is -2.63. The second kappa shape index (κ2) is 23.8. The number of alkyl carbamates (subject to hydrolysis) is 2. The van der Waals surface area contributed by atoms with E-state index in [1.807, 2.05) is 27.6 Å². The maximum atomic E-state index is 14.6. The Morgan fingerprint density at radius 3 is 1.77 bits per heavy atom. The Morgan fingerprint density at radius 1 is 0.722 bits per heavy atom. The lowest BCUT2D eigenvalue weighted by Gasteiger charge is -2.47. The van der Waals surface area contributed by atoms with E-state index in [2.05, 4.69) is 56.9 Å². The molecule has 4 amide bonds. The largest absolute Gasteiger partial charge is 0.453 e. The zero-order valence-electron chi connectivity index (χ0n) is 44.5. The summed E-state index contributed by atoms with van der Waals surface area (Å²) in [6.07, 6.45) is -5.54. The number of fused-ring (bicyclic) bond motifs is 2. The number of aliphatic hydroxyl groups is 1. The molecular weight excluding hydrogens is 1040 g/mol. The average Bonchev–Trinajstić information content (AvgIpc) is 4.19. The van der Waals surface area contributed by atoms with E-state index in [1.54, 1.807) is 60.9 Å². The fourth-order valence-corrected chi connectivity index (χ4v) is 9.90. The van der Waals surface area contributed by atoms with Gasteiger partial charge in [0, 0.05) is 68.0 Å². The molecule has 0 radical (unpaired) electrons. The second-order valence-corrected chi connectivity index (χ2v) is 21.6. The molecule has 1 saturated carbocycles. The van der Waals surface area contributed by atoms with Crippen LogP contribution in [0.2, 0.25) is 0 Å². The molecule has 79 heavy (non-hydrogen) atoms. The standard InChI is InChI=1S/C54H65F6N11O8/c1-51(2,53(55,56)57)44(64-49(75)77-5)46(73)63-42(23-33-10-7-32(8-11-33)9-12-35-24-61-48(62-25-35)68-27-38-19-20-39(28-68)71(38)40-30-79-31-40)43(72)29-69(67-47(74)45(65-50(76)78-6)52(3,4)54(58,59)60)26-34-13-15-36(16-14-34)41-21-22-70(66-41)37-17-18-37/h7-8,10-11,13-16,21-22,24-25,37-40,42-45,72H,17-20,23,26-31H2,1-6H3,(H,63,73)(H,64,75)(H,65,76)(H,67,74)/t38?,39?,42-,43-,44+,45+/m0/s1. The highest BCUT2D eigenvalue weighted by Gasteiger charge is 2.57. The number of carbonyl (C=O) groups excluding carboxylic acids is 4. The Labute approximate surface area is 453 Å². The molecule has 3 saturated heterocycles. The van der Waals surface area contributed by atoms with Gasteiger partial charge in [-0.2, -0.15) is 31.4 Å². The molecule has 19 nitrogen and oxygen atoms in total. The molecule has 5 N–H and O–H groups in total. The summed E-state index contributed by atoms with van der Waals surface area (Å²) in [6, 6.07) is 10.6. The van der Waals surface area contributed by atoms with Gasteiger partial charge in [0.2, 0.25) is 11.9 Å². The molecule has 4 aromatic rings. The molecular formula is C54H65F6N11O8. The van der Waals surface area contributed by atoms with Crippen molar-refractivity contribution in [2.45, 2.75) is 127 Å². The Balaban J connectivity index is 1.05. The van der Waals surface area contributed by atoms with Crippen molar-refractivity contribution in [2.75, 3.05) is 52.0 Å².